The summed E-state index contributed by atoms with van der Waals surface area (Å²) in [5.41, 5.74) is -1.88. The van der Waals surface area contributed by atoms with E-state index in [1.165, 1.54) is 96.3 Å². The van der Waals surface area contributed by atoms with Crippen LogP contribution in [0.25, 0.3) is 0 Å². The molecule has 2 saturated heterocycles. The second-order valence-corrected chi connectivity index (χ2v) is 14.9. The van der Waals surface area contributed by atoms with Gasteiger partial charge in [-0.1, -0.05) is 110 Å². The second kappa shape index (κ2) is 15.7. The number of hydrogen-bond donors (Lipinski definition) is 1. The number of ether oxygens (including phenoxy) is 1. The van der Waals surface area contributed by atoms with Crippen molar-refractivity contribution in [1.82, 2.24) is 10.4 Å². The molecule has 2 spiro atoms. The summed E-state index contributed by atoms with van der Waals surface area (Å²) in [4.78, 5) is 20.9. The molecule has 1 saturated carbocycles. The normalized spacial score (nSPS) is 25.8. The Balaban J connectivity index is 1.72. The molecular formula is C35H66N2O3. The first-order chi connectivity index (χ1) is 19.1. The van der Waals surface area contributed by atoms with Crippen molar-refractivity contribution in [2.45, 2.75) is 218 Å². The standard InChI is InChI=1S/C35H66N2O3/c1-7-9-11-17-21-25-30(24-20-10-8-2)39-37-32(3,4)28-34(29-33(37,5)6)31(38)36-35(40-34)26-22-18-15-13-12-14-16-19-23-27-35/h30H,7-29H2,1-6H3,(H,36,38). The summed E-state index contributed by atoms with van der Waals surface area (Å²) >= 11 is 0. The number of rotatable bonds is 12. The average Bonchev–Trinajstić information content (AvgIpc) is 3.12. The van der Waals surface area contributed by atoms with Crippen LogP contribution >= 0.6 is 0 Å². The second-order valence-electron chi connectivity index (χ2n) is 14.9. The van der Waals surface area contributed by atoms with E-state index in [0.29, 0.717) is 12.8 Å². The van der Waals surface area contributed by atoms with Crippen molar-refractivity contribution in [3.05, 3.63) is 0 Å². The topological polar surface area (TPSA) is 50.8 Å². The summed E-state index contributed by atoms with van der Waals surface area (Å²) in [5, 5.41) is 5.76. The molecule has 1 atom stereocenters. The van der Waals surface area contributed by atoms with E-state index in [9.17, 15) is 4.79 Å². The maximum Gasteiger partial charge on any atom is 0.254 e. The zero-order valence-corrected chi connectivity index (χ0v) is 27.5. The first kappa shape index (κ1) is 33.8. The number of amides is 1. The Bertz CT molecular complexity index is 719. The molecule has 0 radical (unpaired) electrons. The number of hydroxylamine groups is 2. The number of nitrogens with one attached hydrogen (secondary N) is 1. The highest BCUT2D eigenvalue weighted by Gasteiger charge is 2.63. The molecule has 1 unspecified atom stereocenters. The summed E-state index contributed by atoms with van der Waals surface area (Å²) in [6, 6.07) is 0. The molecule has 0 aromatic rings. The van der Waals surface area contributed by atoms with Crippen LogP contribution in [0.5, 0.6) is 0 Å². The molecule has 0 aromatic carbocycles. The van der Waals surface area contributed by atoms with E-state index in [1.807, 2.05) is 0 Å². The first-order valence-corrected chi connectivity index (χ1v) is 17.6. The Morgan fingerprint density at radius 3 is 1.70 bits per heavy atom. The van der Waals surface area contributed by atoms with E-state index in [2.05, 4.69) is 51.9 Å². The van der Waals surface area contributed by atoms with E-state index in [1.54, 1.807) is 0 Å². The minimum absolute atomic E-state index is 0.121. The van der Waals surface area contributed by atoms with Crippen LogP contribution in [0.2, 0.25) is 0 Å². The Kier molecular flexibility index (Phi) is 13.3. The van der Waals surface area contributed by atoms with Gasteiger partial charge in [-0.05, 0) is 66.2 Å². The van der Waals surface area contributed by atoms with Crippen LogP contribution in [0.15, 0.2) is 0 Å². The van der Waals surface area contributed by atoms with Gasteiger partial charge in [-0.2, -0.15) is 5.06 Å². The zero-order chi connectivity index (χ0) is 29.1. The number of hydrogen-bond acceptors (Lipinski definition) is 4. The summed E-state index contributed by atoms with van der Waals surface area (Å²) in [6.45, 7) is 13.6. The fourth-order valence-electron chi connectivity index (χ4n) is 8.11. The molecule has 3 rings (SSSR count). The van der Waals surface area contributed by atoms with E-state index >= 15 is 0 Å². The van der Waals surface area contributed by atoms with Gasteiger partial charge >= 0.3 is 0 Å². The fourth-order valence-corrected chi connectivity index (χ4v) is 8.11. The lowest BCUT2D eigenvalue weighted by Gasteiger charge is -2.57. The third kappa shape index (κ3) is 9.43. The number of carbonyl (C=O) groups is 1. The van der Waals surface area contributed by atoms with Gasteiger partial charge < -0.3 is 10.1 Å². The van der Waals surface area contributed by atoms with Crippen LogP contribution in [0.4, 0.5) is 0 Å². The SMILES string of the molecule is CCCCCCCC(CCCCC)ON1C(C)(C)CC2(CC1(C)C)OC1(CCCCCCCCCCC1)NC2=O. The molecule has 3 aliphatic rings. The molecule has 2 heterocycles. The first-order valence-electron chi connectivity index (χ1n) is 17.6. The number of unbranched alkanes of at least 4 members (excludes halogenated alkanes) is 6. The maximum absolute atomic E-state index is 13.9. The zero-order valence-electron chi connectivity index (χ0n) is 27.5. The fraction of sp³-hybridized carbons (Fsp3) is 0.971. The van der Waals surface area contributed by atoms with Crippen LogP contribution in [-0.2, 0) is 14.4 Å². The van der Waals surface area contributed by atoms with Gasteiger partial charge in [0.1, 0.15) is 5.72 Å². The van der Waals surface area contributed by atoms with Gasteiger partial charge in [-0.3, -0.25) is 9.63 Å². The molecular weight excluding hydrogens is 496 g/mol. The van der Waals surface area contributed by atoms with Gasteiger partial charge in [0.2, 0.25) is 0 Å². The van der Waals surface area contributed by atoms with E-state index in [4.69, 9.17) is 9.57 Å². The molecule has 2 aliphatic heterocycles. The van der Waals surface area contributed by atoms with Crippen LogP contribution < -0.4 is 5.32 Å². The lowest BCUT2D eigenvalue weighted by Crippen LogP contribution is -2.67. The van der Waals surface area contributed by atoms with Gasteiger partial charge in [-0.25, -0.2) is 0 Å². The monoisotopic (exact) mass is 563 g/mol. The number of carbonyl (C=O) groups excluding carboxylic acids is 1. The Hall–Kier alpha value is -0.650. The van der Waals surface area contributed by atoms with Crippen LogP contribution in [-0.4, -0.2) is 39.5 Å². The molecule has 1 aliphatic carbocycles. The molecule has 40 heavy (non-hydrogen) atoms. The van der Waals surface area contributed by atoms with Crippen LogP contribution in [0, 0.1) is 0 Å². The van der Waals surface area contributed by atoms with Gasteiger partial charge in [0.15, 0.2) is 5.60 Å². The van der Waals surface area contributed by atoms with Crippen molar-refractivity contribution in [3.8, 4) is 0 Å². The molecule has 1 N–H and O–H groups in total. The molecule has 5 heteroatoms. The van der Waals surface area contributed by atoms with Gasteiger partial charge in [0.25, 0.3) is 5.91 Å². The number of nitrogens with zero attached hydrogens (tertiary/aromatic N) is 1. The molecule has 0 bridgehead atoms. The molecule has 5 nitrogen and oxygen atoms in total. The predicted molar refractivity (Wildman–Crippen MR) is 167 cm³/mol. The highest BCUT2D eigenvalue weighted by Crippen LogP contribution is 2.51. The van der Waals surface area contributed by atoms with Gasteiger partial charge in [0.05, 0.1) is 6.10 Å². The van der Waals surface area contributed by atoms with Crippen molar-refractivity contribution in [3.63, 3.8) is 0 Å². The minimum atomic E-state index is -0.776. The highest BCUT2D eigenvalue weighted by atomic mass is 16.7. The quantitative estimate of drug-likeness (QED) is 0.241. The van der Waals surface area contributed by atoms with Crippen molar-refractivity contribution in [1.29, 1.82) is 0 Å². The van der Waals surface area contributed by atoms with Crippen LogP contribution in [0.3, 0.4) is 0 Å². The predicted octanol–water partition coefficient (Wildman–Crippen LogP) is 9.77. The third-order valence-electron chi connectivity index (χ3n) is 9.86. The van der Waals surface area contributed by atoms with E-state index in [-0.39, 0.29) is 23.1 Å². The minimum Gasteiger partial charge on any atom is -0.339 e. The van der Waals surface area contributed by atoms with Gasteiger partial charge in [0, 0.05) is 23.9 Å². The Morgan fingerprint density at radius 2 is 1.18 bits per heavy atom. The van der Waals surface area contributed by atoms with Crippen molar-refractivity contribution >= 4 is 5.91 Å². The average molecular weight is 563 g/mol. The third-order valence-corrected chi connectivity index (χ3v) is 9.86. The van der Waals surface area contributed by atoms with E-state index < -0.39 is 11.3 Å². The smallest absolute Gasteiger partial charge is 0.254 e. The van der Waals surface area contributed by atoms with Gasteiger partial charge in [-0.15, -0.1) is 0 Å². The summed E-state index contributed by atoms with van der Waals surface area (Å²) in [7, 11) is 0. The van der Waals surface area contributed by atoms with Crippen LogP contribution in [0.1, 0.15) is 189 Å². The van der Waals surface area contributed by atoms with E-state index in [0.717, 1.165) is 38.5 Å². The summed E-state index contributed by atoms with van der Waals surface area (Å²) < 4.78 is 7.10. The summed E-state index contributed by atoms with van der Waals surface area (Å²) in [6.07, 6.45) is 27.4. The largest absolute Gasteiger partial charge is 0.339 e. The molecule has 0 aromatic heterocycles. The lowest BCUT2D eigenvalue weighted by molar-refractivity contribution is -0.329. The number of piperidine rings is 1. The highest BCUT2D eigenvalue weighted by molar-refractivity contribution is 5.88. The van der Waals surface area contributed by atoms with Crippen molar-refractivity contribution in [2.75, 3.05) is 0 Å². The van der Waals surface area contributed by atoms with Crippen molar-refractivity contribution < 1.29 is 14.4 Å². The molecule has 3 fully saturated rings. The summed E-state index contributed by atoms with van der Waals surface area (Å²) in [5.74, 6) is 0.121. The molecule has 1 amide bonds. The Morgan fingerprint density at radius 1 is 0.725 bits per heavy atom. The lowest BCUT2D eigenvalue weighted by atomic mass is 9.72. The maximum atomic E-state index is 13.9. The Labute approximate surface area is 248 Å². The molecule has 234 valence electrons. The van der Waals surface area contributed by atoms with Crippen molar-refractivity contribution in [2.24, 2.45) is 0 Å².